The number of rotatable bonds is 4. The molecule has 7 heteroatoms. The highest BCUT2D eigenvalue weighted by Crippen LogP contribution is 2.32. The van der Waals surface area contributed by atoms with Gasteiger partial charge in [0.05, 0.1) is 17.2 Å². The van der Waals surface area contributed by atoms with Gasteiger partial charge in [-0.25, -0.2) is 4.99 Å². The summed E-state index contributed by atoms with van der Waals surface area (Å²) in [5.41, 5.74) is 1.53. The average Bonchev–Trinajstić information content (AvgIpc) is 2.92. The predicted molar refractivity (Wildman–Crippen MR) is 108 cm³/mol. The number of hydrogen-bond acceptors (Lipinski definition) is 4. The smallest absolute Gasteiger partial charge is 0.264 e. The van der Waals surface area contributed by atoms with Crippen molar-refractivity contribution in [3.05, 3.63) is 62.4 Å². The molecule has 1 saturated heterocycles. The van der Waals surface area contributed by atoms with Crippen molar-refractivity contribution < 1.29 is 9.53 Å². The molecule has 0 spiro atoms. The van der Waals surface area contributed by atoms with Crippen LogP contribution in [-0.4, -0.2) is 17.7 Å². The molecular weight excluding hydrogens is 424 g/mol. The normalized spacial score (nSPS) is 17.2. The monoisotopic (exact) mass is 436 g/mol. The lowest BCUT2D eigenvalue weighted by atomic mass is 10.2. The number of amides is 1. The molecule has 1 fully saturated rings. The summed E-state index contributed by atoms with van der Waals surface area (Å²) in [6, 6.07) is 12.9. The molecule has 0 aliphatic carbocycles. The lowest BCUT2D eigenvalue weighted by molar-refractivity contribution is -0.115. The van der Waals surface area contributed by atoms with Crippen molar-refractivity contribution in [1.29, 1.82) is 0 Å². The lowest BCUT2D eigenvalue weighted by Gasteiger charge is -2.07. The van der Waals surface area contributed by atoms with E-state index < -0.39 is 0 Å². The highest BCUT2D eigenvalue weighted by Gasteiger charge is 2.24. The summed E-state index contributed by atoms with van der Waals surface area (Å²) < 4.78 is 6.57. The number of benzene rings is 2. The van der Waals surface area contributed by atoms with Crippen LogP contribution in [0.5, 0.6) is 5.75 Å². The minimum atomic E-state index is -0.191. The van der Waals surface area contributed by atoms with Gasteiger partial charge in [0.25, 0.3) is 5.91 Å². The van der Waals surface area contributed by atoms with Gasteiger partial charge in [-0.05, 0) is 67.2 Å². The van der Waals surface area contributed by atoms with Crippen molar-refractivity contribution in [3.63, 3.8) is 0 Å². The summed E-state index contributed by atoms with van der Waals surface area (Å²) in [7, 11) is 0. The van der Waals surface area contributed by atoms with Crippen LogP contribution in [0.15, 0.2) is 56.8 Å². The summed E-state index contributed by atoms with van der Waals surface area (Å²) in [5.74, 6) is 0.495. The van der Waals surface area contributed by atoms with E-state index in [1.54, 1.807) is 24.3 Å². The number of aliphatic imine (C=N–C) groups is 1. The molecule has 0 atom stereocenters. The molecule has 0 unspecified atom stereocenters. The first-order valence-electron chi connectivity index (χ1n) is 7.52. The molecule has 25 heavy (non-hydrogen) atoms. The Kier molecular flexibility index (Phi) is 5.83. The van der Waals surface area contributed by atoms with E-state index in [4.69, 9.17) is 16.3 Å². The van der Waals surface area contributed by atoms with Crippen LogP contribution in [-0.2, 0) is 4.79 Å². The highest BCUT2D eigenvalue weighted by atomic mass is 79.9. The molecule has 2 aromatic carbocycles. The van der Waals surface area contributed by atoms with Gasteiger partial charge in [0.2, 0.25) is 0 Å². The summed E-state index contributed by atoms with van der Waals surface area (Å²) >= 11 is 10.7. The van der Waals surface area contributed by atoms with Crippen molar-refractivity contribution in [3.8, 4) is 5.75 Å². The maximum absolute atomic E-state index is 12.2. The summed E-state index contributed by atoms with van der Waals surface area (Å²) in [5, 5.41) is 3.90. The zero-order valence-electron chi connectivity index (χ0n) is 13.3. The molecule has 1 heterocycles. The van der Waals surface area contributed by atoms with E-state index in [9.17, 15) is 4.79 Å². The Morgan fingerprint density at radius 3 is 2.76 bits per heavy atom. The van der Waals surface area contributed by atoms with E-state index >= 15 is 0 Å². The standard InChI is InChI=1S/C18H14BrClN2O2S/c1-2-24-15-8-5-13(20)9-11(15)10-16-17(23)22-18(25-16)21-14-6-3-12(19)4-7-14/h3-10H,2H2,1H3,(H,21,22,23)/b16-10-. The van der Waals surface area contributed by atoms with Gasteiger partial charge in [0, 0.05) is 15.1 Å². The van der Waals surface area contributed by atoms with Crippen molar-refractivity contribution in [2.75, 3.05) is 6.61 Å². The van der Waals surface area contributed by atoms with E-state index in [0.717, 1.165) is 15.7 Å². The number of nitrogens with one attached hydrogen (secondary N) is 1. The minimum Gasteiger partial charge on any atom is -0.493 e. The Morgan fingerprint density at radius 2 is 2.04 bits per heavy atom. The predicted octanol–water partition coefficient (Wildman–Crippen LogP) is 5.39. The molecule has 0 saturated carbocycles. The van der Waals surface area contributed by atoms with Gasteiger partial charge in [-0.3, -0.25) is 4.79 Å². The van der Waals surface area contributed by atoms with E-state index in [1.165, 1.54) is 11.8 Å². The first kappa shape index (κ1) is 18.0. The van der Waals surface area contributed by atoms with Gasteiger partial charge in [-0.2, -0.15) is 0 Å². The molecule has 3 rings (SSSR count). The van der Waals surface area contributed by atoms with Crippen LogP contribution in [0, 0.1) is 0 Å². The van der Waals surface area contributed by atoms with E-state index in [-0.39, 0.29) is 5.91 Å². The molecule has 1 aliphatic rings. The third-order valence-corrected chi connectivity index (χ3v) is 4.94. The molecule has 0 bridgehead atoms. The zero-order valence-corrected chi connectivity index (χ0v) is 16.4. The Bertz CT molecular complexity index is 866. The first-order valence-corrected chi connectivity index (χ1v) is 9.51. The molecule has 0 radical (unpaired) electrons. The second-order valence-corrected chi connectivity index (χ2v) is 7.46. The quantitative estimate of drug-likeness (QED) is 0.652. The van der Waals surface area contributed by atoms with Crippen molar-refractivity contribution >= 4 is 62.1 Å². The third-order valence-electron chi connectivity index (χ3n) is 3.27. The van der Waals surface area contributed by atoms with Crippen molar-refractivity contribution in [2.24, 2.45) is 4.99 Å². The summed E-state index contributed by atoms with van der Waals surface area (Å²) in [6.07, 6.45) is 1.76. The van der Waals surface area contributed by atoms with Gasteiger partial charge in [-0.15, -0.1) is 0 Å². The van der Waals surface area contributed by atoms with Crippen molar-refractivity contribution in [2.45, 2.75) is 6.92 Å². The van der Waals surface area contributed by atoms with Crippen LogP contribution < -0.4 is 10.1 Å². The number of carbonyl (C=O) groups excluding carboxylic acids is 1. The molecule has 128 valence electrons. The Morgan fingerprint density at radius 1 is 1.28 bits per heavy atom. The molecule has 1 N–H and O–H groups in total. The molecule has 0 aromatic heterocycles. The molecule has 1 aliphatic heterocycles. The Hall–Kier alpha value is -1.76. The van der Waals surface area contributed by atoms with Gasteiger partial charge in [0.15, 0.2) is 5.17 Å². The summed E-state index contributed by atoms with van der Waals surface area (Å²) in [6.45, 7) is 2.44. The molecule has 2 aromatic rings. The molecular formula is C18H14BrClN2O2S. The van der Waals surface area contributed by atoms with Crippen LogP contribution in [0.4, 0.5) is 5.69 Å². The van der Waals surface area contributed by atoms with Crippen molar-refractivity contribution in [1.82, 2.24) is 5.32 Å². The van der Waals surface area contributed by atoms with E-state index in [1.807, 2.05) is 31.2 Å². The Labute approximate surface area is 163 Å². The maximum atomic E-state index is 12.2. The second-order valence-electron chi connectivity index (χ2n) is 5.07. The molecule has 1 amide bonds. The number of carbonyl (C=O) groups is 1. The number of thioether (sulfide) groups is 1. The van der Waals surface area contributed by atoms with Crippen LogP contribution in [0.3, 0.4) is 0 Å². The third kappa shape index (κ3) is 4.66. The number of ether oxygens (including phenoxy) is 1. The number of halogens is 2. The van der Waals surface area contributed by atoms with Crippen LogP contribution in [0.25, 0.3) is 6.08 Å². The first-order chi connectivity index (χ1) is 12.0. The second kappa shape index (κ2) is 8.08. The average molecular weight is 438 g/mol. The van der Waals surface area contributed by atoms with Gasteiger partial charge >= 0.3 is 0 Å². The zero-order chi connectivity index (χ0) is 17.8. The number of hydrogen-bond donors (Lipinski definition) is 1. The fraction of sp³-hybridized carbons (Fsp3) is 0.111. The highest BCUT2D eigenvalue weighted by molar-refractivity contribution is 9.10. The number of amidine groups is 1. The van der Waals surface area contributed by atoms with Gasteiger partial charge < -0.3 is 10.1 Å². The Balaban J connectivity index is 1.86. The van der Waals surface area contributed by atoms with E-state index in [0.29, 0.717) is 27.5 Å². The van der Waals surface area contributed by atoms with Crippen LogP contribution in [0.1, 0.15) is 12.5 Å². The van der Waals surface area contributed by atoms with Crippen LogP contribution >= 0.6 is 39.3 Å². The topological polar surface area (TPSA) is 50.7 Å². The SMILES string of the molecule is CCOc1ccc(Cl)cc1/C=C1\SC(=Nc2ccc(Br)cc2)NC1=O. The number of nitrogens with zero attached hydrogens (tertiary/aromatic N) is 1. The maximum Gasteiger partial charge on any atom is 0.264 e. The van der Waals surface area contributed by atoms with Crippen LogP contribution in [0.2, 0.25) is 5.02 Å². The lowest BCUT2D eigenvalue weighted by Crippen LogP contribution is -2.19. The van der Waals surface area contributed by atoms with E-state index in [2.05, 4.69) is 26.2 Å². The fourth-order valence-corrected chi connectivity index (χ4v) is 3.45. The largest absolute Gasteiger partial charge is 0.493 e. The minimum absolute atomic E-state index is 0.191. The fourth-order valence-electron chi connectivity index (χ4n) is 2.17. The van der Waals surface area contributed by atoms with Gasteiger partial charge in [-0.1, -0.05) is 27.5 Å². The summed E-state index contributed by atoms with van der Waals surface area (Å²) in [4.78, 5) is 17.2. The molecule has 4 nitrogen and oxygen atoms in total. The van der Waals surface area contributed by atoms with Gasteiger partial charge in [0.1, 0.15) is 5.75 Å².